The van der Waals surface area contributed by atoms with Gasteiger partial charge in [0.1, 0.15) is 5.75 Å². The quantitative estimate of drug-likeness (QED) is 0.204. The minimum Gasteiger partial charge on any atom is -0.497 e. The Morgan fingerprint density at radius 2 is 1.68 bits per heavy atom. The highest BCUT2D eigenvalue weighted by Crippen LogP contribution is 2.36. The molecule has 11 heteroatoms. The molecule has 0 aliphatic heterocycles. The Morgan fingerprint density at radius 1 is 0.946 bits per heavy atom. The number of hydrogen-bond donors (Lipinski definition) is 3. The highest BCUT2D eigenvalue weighted by atomic mass is 79.9. The van der Waals surface area contributed by atoms with Crippen molar-refractivity contribution in [3.63, 3.8) is 0 Å². The number of aryl methyl sites for hydroxylation is 1. The maximum atomic E-state index is 12.3. The van der Waals surface area contributed by atoms with E-state index in [2.05, 4.69) is 37.1 Å². The zero-order valence-corrected chi connectivity index (χ0v) is 21.9. The summed E-state index contributed by atoms with van der Waals surface area (Å²) in [6.45, 7) is 1.65. The fourth-order valence-corrected chi connectivity index (χ4v) is 3.64. The SMILES string of the molecule is COc1ccc(NC(=O)C(=O)N/N=C\c2cc(Br)c(OCC(=O)Nc3ccccc3C)c(OC)c2)cc1. The number of carbonyl (C=O) groups is 3. The molecular formula is C26H25BrN4O6. The number of hydrogen-bond acceptors (Lipinski definition) is 7. The van der Waals surface area contributed by atoms with Crippen LogP contribution in [0.15, 0.2) is 70.2 Å². The summed E-state index contributed by atoms with van der Waals surface area (Å²) in [7, 11) is 2.98. The van der Waals surface area contributed by atoms with Crippen LogP contribution >= 0.6 is 15.9 Å². The molecule has 0 saturated carbocycles. The number of para-hydroxylation sites is 1. The van der Waals surface area contributed by atoms with E-state index in [0.29, 0.717) is 38.7 Å². The first-order valence-corrected chi connectivity index (χ1v) is 11.7. The number of carbonyl (C=O) groups excluding carboxylic acids is 3. The summed E-state index contributed by atoms with van der Waals surface area (Å²) in [5.41, 5.74) is 4.77. The zero-order chi connectivity index (χ0) is 26.8. The molecule has 0 fully saturated rings. The van der Waals surface area contributed by atoms with Gasteiger partial charge in [0.15, 0.2) is 18.1 Å². The van der Waals surface area contributed by atoms with Crippen molar-refractivity contribution in [2.45, 2.75) is 6.92 Å². The Kier molecular flexibility index (Phi) is 9.61. The molecule has 0 saturated heterocycles. The third-order valence-corrected chi connectivity index (χ3v) is 5.54. The number of benzene rings is 3. The van der Waals surface area contributed by atoms with E-state index in [9.17, 15) is 14.4 Å². The molecule has 3 N–H and O–H groups in total. The fraction of sp³-hybridized carbons (Fsp3) is 0.154. The molecule has 0 unspecified atom stereocenters. The summed E-state index contributed by atoms with van der Waals surface area (Å²) in [5.74, 6) is -0.878. The molecule has 192 valence electrons. The minimum absolute atomic E-state index is 0.240. The Labute approximate surface area is 222 Å². The van der Waals surface area contributed by atoms with Crippen LogP contribution in [-0.4, -0.2) is 44.8 Å². The van der Waals surface area contributed by atoms with Crippen LogP contribution < -0.4 is 30.3 Å². The van der Waals surface area contributed by atoms with E-state index < -0.39 is 11.8 Å². The second kappa shape index (κ2) is 13.1. The van der Waals surface area contributed by atoms with Gasteiger partial charge in [0.25, 0.3) is 5.91 Å². The van der Waals surface area contributed by atoms with Crippen molar-refractivity contribution in [3.05, 3.63) is 76.3 Å². The van der Waals surface area contributed by atoms with Crippen LogP contribution in [-0.2, 0) is 14.4 Å². The second-order valence-electron chi connectivity index (χ2n) is 7.57. The van der Waals surface area contributed by atoms with Crippen molar-refractivity contribution < 1.29 is 28.6 Å². The first-order valence-electron chi connectivity index (χ1n) is 10.9. The van der Waals surface area contributed by atoms with E-state index in [1.54, 1.807) is 42.5 Å². The molecule has 0 aliphatic rings. The lowest BCUT2D eigenvalue weighted by molar-refractivity contribution is -0.136. The normalized spacial score (nSPS) is 10.5. The lowest BCUT2D eigenvalue weighted by Crippen LogP contribution is -2.32. The molecule has 0 bridgehead atoms. The van der Waals surface area contributed by atoms with Crippen molar-refractivity contribution in [2.24, 2.45) is 5.10 Å². The van der Waals surface area contributed by atoms with Crippen molar-refractivity contribution in [3.8, 4) is 17.2 Å². The predicted molar refractivity (Wildman–Crippen MR) is 143 cm³/mol. The molecule has 10 nitrogen and oxygen atoms in total. The van der Waals surface area contributed by atoms with E-state index in [-0.39, 0.29) is 12.5 Å². The first-order chi connectivity index (χ1) is 17.8. The Hall–Kier alpha value is -4.38. The average Bonchev–Trinajstić information content (AvgIpc) is 2.89. The summed E-state index contributed by atoms with van der Waals surface area (Å²) in [4.78, 5) is 36.4. The summed E-state index contributed by atoms with van der Waals surface area (Å²) < 4.78 is 16.6. The number of amides is 3. The Bertz CT molecular complexity index is 1310. The van der Waals surface area contributed by atoms with E-state index in [4.69, 9.17) is 14.2 Å². The standard InChI is InChI=1S/C26H25BrN4O6/c1-16-6-4-5-7-21(16)30-23(32)15-37-24-20(27)12-17(13-22(24)36-3)14-28-31-26(34)25(33)29-18-8-10-19(35-2)11-9-18/h4-14H,15H2,1-3H3,(H,29,33)(H,30,32)(H,31,34)/b28-14-. The number of rotatable bonds is 9. The molecule has 0 spiro atoms. The molecule has 3 amide bonds. The van der Waals surface area contributed by atoms with Crippen LogP contribution in [0.4, 0.5) is 11.4 Å². The average molecular weight is 569 g/mol. The van der Waals surface area contributed by atoms with Crippen LogP contribution in [0.25, 0.3) is 0 Å². The first kappa shape index (κ1) is 27.2. The topological polar surface area (TPSA) is 127 Å². The van der Waals surface area contributed by atoms with Crippen LogP contribution in [0.2, 0.25) is 0 Å². The summed E-state index contributed by atoms with van der Waals surface area (Å²) in [6, 6.07) is 17.2. The minimum atomic E-state index is -0.947. The maximum absolute atomic E-state index is 12.3. The van der Waals surface area contributed by atoms with Gasteiger partial charge in [0.05, 0.1) is 24.9 Å². The predicted octanol–water partition coefficient (Wildman–Crippen LogP) is 3.88. The van der Waals surface area contributed by atoms with E-state index in [1.807, 2.05) is 25.1 Å². The van der Waals surface area contributed by atoms with Crippen molar-refractivity contribution in [1.82, 2.24) is 5.43 Å². The fourth-order valence-electron chi connectivity index (χ4n) is 3.07. The van der Waals surface area contributed by atoms with Crippen LogP contribution in [0, 0.1) is 6.92 Å². The number of halogens is 1. The number of methoxy groups -OCH3 is 2. The molecule has 3 rings (SSSR count). The van der Waals surface area contributed by atoms with Gasteiger partial charge >= 0.3 is 11.8 Å². The smallest absolute Gasteiger partial charge is 0.329 e. The number of anilines is 2. The number of hydrazone groups is 1. The zero-order valence-electron chi connectivity index (χ0n) is 20.3. The van der Waals surface area contributed by atoms with Crippen molar-refractivity contribution >= 4 is 51.2 Å². The van der Waals surface area contributed by atoms with Gasteiger partial charge in [-0.3, -0.25) is 14.4 Å². The van der Waals surface area contributed by atoms with Gasteiger partial charge in [0.2, 0.25) is 0 Å². The summed E-state index contributed by atoms with van der Waals surface area (Å²) in [5, 5.41) is 9.08. The van der Waals surface area contributed by atoms with Crippen LogP contribution in [0.5, 0.6) is 17.2 Å². The van der Waals surface area contributed by atoms with Gasteiger partial charge in [-0.25, -0.2) is 5.43 Å². The van der Waals surface area contributed by atoms with Gasteiger partial charge in [-0.2, -0.15) is 5.10 Å². The van der Waals surface area contributed by atoms with E-state index in [0.717, 1.165) is 5.56 Å². The molecule has 37 heavy (non-hydrogen) atoms. The summed E-state index contributed by atoms with van der Waals surface area (Å²) in [6.07, 6.45) is 1.33. The monoisotopic (exact) mass is 568 g/mol. The molecule has 3 aromatic rings. The van der Waals surface area contributed by atoms with Crippen molar-refractivity contribution in [2.75, 3.05) is 31.5 Å². The van der Waals surface area contributed by atoms with E-state index >= 15 is 0 Å². The van der Waals surface area contributed by atoms with Gasteiger partial charge in [-0.05, 0) is 76.4 Å². The maximum Gasteiger partial charge on any atom is 0.329 e. The van der Waals surface area contributed by atoms with Gasteiger partial charge in [-0.15, -0.1) is 0 Å². The molecule has 3 aromatic carbocycles. The molecule has 0 aliphatic carbocycles. The lowest BCUT2D eigenvalue weighted by Gasteiger charge is -2.14. The van der Waals surface area contributed by atoms with Gasteiger partial charge in [-0.1, -0.05) is 18.2 Å². The highest BCUT2D eigenvalue weighted by molar-refractivity contribution is 9.10. The number of nitrogens with zero attached hydrogens (tertiary/aromatic N) is 1. The Morgan fingerprint density at radius 3 is 2.35 bits per heavy atom. The molecular weight excluding hydrogens is 544 g/mol. The van der Waals surface area contributed by atoms with E-state index in [1.165, 1.54) is 20.4 Å². The Balaban J connectivity index is 1.57. The third-order valence-electron chi connectivity index (χ3n) is 4.95. The molecule has 0 radical (unpaired) electrons. The van der Waals surface area contributed by atoms with Gasteiger partial charge in [0, 0.05) is 11.4 Å². The summed E-state index contributed by atoms with van der Waals surface area (Å²) >= 11 is 3.40. The molecule has 0 atom stereocenters. The number of ether oxygens (including phenoxy) is 3. The second-order valence-corrected chi connectivity index (χ2v) is 8.42. The highest BCUT2D eigenvalue weighted by Gasteiger charge is 2.15. The largest absolute Gasteiger partial charge is 0.497 e. The lowest BCUT2D eigenvalue weighted by atomic mass is 10.2. The van der Waals surface area contributed by atoms with Crippen LogP contribution in [0.1, 0.15) is 11.1 Å². The third kappa shape index (κ3) is 7.80. The van der Waals surface area contributed by atoms with Gasteiger partial charge < -0.3 is 24.8 Å². The molecule has 0 heterocycles. The van der Waals surface area contributed by atoms with Crippen LogP contribution in [0.3, 0.4) is 0 Å². The van der Waals surface area contributed by atoms with Crippen molar-refractivity contribution in [1.29, 1.82) is 0 Å². The number of nitrogens with one attached hydrogen (secondary N) is 3. The molecule has 0 aromatic heterocycles.